The second-order valence-corrected chi connectivity index (χ2v) is 6.38. The van der Waals surface area contributed by atoms with Gasteiger partial charge in [0.1, 0.15) is 0 Å². The molecule has 3 N–H and O–H groups in total. The van der Waals surface area contributed by atoms with Gasteiger partial charge in [-0.2, -0.15) is 0 Å². The first kappa shape index (κ1) is 13.4. The Kier molecular flexibility index (Phi) is 3.21. The fourth-order valence-corrected chi connectivity index (χ4v) is 3.00. The highest BCUT2D eigenvalue weighted by Gasteiger charge is 2.52. The van der Waals surface area contributed by atoms with Crippen molar-refractivity contribution in [2.24, 2.45) is 0 Å². The van der Waals surface area contributed by atoms with Crippen molar-refractivity contribution in [1.82, 2.24) is 5.32 Å². The summed E-state index contributed by atoms with van der Waals surface area (Å²) < 4.78 is 5.51. The zero-order valence-corrected chi connectivity index (χ0v) is 11.9. The predicted octanol–water partition coefficient (Wildman–Crippen LogP) is 1.99. The Labute approximate surface area is 119 Å². The molecule has 1 atom stereocenters. The van der Waals surface area contributed by atoms with Crippen molar-refractivity contribution < 1.29 is 9.53 Å². The number of nitrogen functional groups attached to an aromatic ring is 1. The SMILES string of the molecule is CC1(NC(=O)C2(c3ccc(N)cc3)CC2)CCCOC1. The molecule has 1 unspecified atom stereocenters. The lowest BCUT2D eigenvalue weighted by Crippen LogP contribution is -2.54. The molecule has 0 bridgehead atoms. The van der Waals surface area contributed by atoms with E-state index in [0.29, 0.717) is 6.61 Å². The van der Waals surface area contributed by atoms with Gasteiger partial charge in [0, 0.05) is 12.3 Å². The van der Waals surface area contributed by atoms with Crippen molar-refractivity contribution in [2.45, 2.75) is 43.6 Å². The summed E-state index contributed by atoms with van der Waals surface area (Å²) in [6.07, 6.45) is 3.82. The third-order valence-corrected chi connectivity index (χ3v) is 4.50. The Morgan fingerprint density at radius 1 is 1.25 bits per heavy atom. The maximum atomic E-state index is 12.7. The van der Waals surface area contributed by atoms with Gasteiger partial charge in [0.2, 0.25) is 5.91 Å². The second-order valence-electron chi connectivity index (χ2n) is 6.38. The number of anilines is 1. The predicted molar refractivity (Wildman–Crippen MR) is 78.4 cm³/mol. The molecule has 1 saturated carbocycles. The highest BCUT2D eigenvalue weighted by Crippen LogP contribution is 2.49. The number of rotatable bonds is 3. The van der Waals surface area contributed by atoms with Gasteiger partial charge in [-0.3, -0.25) is 4.79 Å². The molecule has 0 radical (unpaired) electrons. The molecular weight excluding hydrogens is 252 g/mol. The van der Waals surface area contributed by atoms with Gasteiger partial charge in [-0.15, -0.1) is 0 Å². The molecule has 1 aliphatic carbocycles. The second kappa shape index (κ2) is 4.77. The Bertz CT molecular complexity index is 500. The van der Waals surface area contributed by atoms with Crippen molar-refractivity contribution in [2.75, 3.05) is 18.9 Å². The molecule has 1 saturated heterocycles. The third kappa shape index (κ3) is 2.40. The molecule has 1 aliphatic heterocycles. The molecule has 3 rings (SSSR count). The van der Waals surface area contributed by atoms with Crippen molar-refractivity contribution >= 4 is 11.6 Å². The van der Waals surface area contributed by atoms with Crippen LogP contribution in [0.15, 0.2) is 24.3 Å². The van der Waals surface area contributed by atoms with Gasteiger partial charge in [0.05, 0.1) is 17.6 Å². The van der Waals surface area contributed by atoms with Crippen molar-refractivity contribution in [3.8, 4) is 0 Å². The molecule has 0 aromatic heterocycles. The number of hydrogen-bond acceptors (Lipinski definition) is 3. The topological polar surface area (TPSA) is 64.4 Å². The minimum Gasteiger partial charge on any atom is -0.399 e. The summed E-state index contributed by atoms with van der Waals surface area (Å²) in [6.45, 7) is 3.48. The third-order valence-electron chi connectivity index (χ3n) is 4.50. The minimum absolute atomic E-state index is 0.135. The molecule has 108 valence electrons. The molecule has 1 heterocycles. The average Bonchev–Trinajstić information content (AvgIpc) is 3.21. The summed E-state index contributed by atoms with van der Waals surface area (Å²) >= 11 is 0. The first-order valence-corrected chi connectivity index (χ1v) is 7.31. The summed E-state index contributed by atoms with van der Waals surface area (Å²) in [4.78, 5) is 12.7. The summed E-state index contributed by atoms with van der Waals surface area (Å²) in [5.74, 6) is 0.135. The van der Waals surface area contributed by atoms with Crippen LogP contribution in [0, 0.1) is 0 Å². The van der Waals surface area contributed by atoms with E-state index >= 15 is 0 Å². The maximum Gasteiger partial charge on any atom is 0.231 e. The van der Waals surface area contributed by atoms with E-state index in [1.54, 1.807) is 0 Å². The van der Waals surface area contributed by atoms with Gasteiger partial charge in [-0.25, -0.2) is 0 Å². The lowest BCUT2D eigenvalue weighted by atomic mass is 9.90. The van der Waals surface area contributed by atoms with Gasteiger partial charge >= 0.3 is 0 Å². The quantitative estimate of drug-likeness (QED) is 0.828. The summed E-state index contributed by atoms with van der Waals surface area (Å²) in [6, 6.07) is 7.69. The summed E-state index contributed by atoms with van der Waals surface area (Å²) in [5.41, 5.74) is 6.96. The van der Waals surface area contributed by atoms with Crippen molar-refractivity contribution in [3.63, 3.8) is 0 Å². The molecule has 1 aromatic carbocycles. The standard InChI is InChI=1S/C16H22N2O2/c1-15(7-2-10-20-11-15)18-14(19)16(8-9-16)12-3-5-13(17)6-4-12/h3-6H,2,7-11,17H2,1H3,(H,18,19). The number of ether oxygens (including phenoxy) is 1. The zero-order valence-electron chi connectivity index (χ0n) is 11.9. The van der Waals surface area contributed by atoms with Gasteiger partial charge in [-0.1, -0.05) is 12.1 Å². The van der Waals surface area contributed by atoms with E-state index in [4.69, 9.17) is 10.5 Å². The molecule has 2 aliphatic rings. The van der Waals surface area contributed by atoms with Crippen LogP contribution in [0.2, 0.25) is 0 Å². The number of amides is 1. The van der Waals surface area contributed by atoms with Gasteiger partial charge in [0.25, 0.3) is 0 Å². The molecule has 1 aromatic rings. The molecule has 0 spiro atoms. The van der Waals surface area contributed by atoms with Gasteiger partial charge in [0.15, 0.2) is 0 Å². The number of benzene rings is 1. The van der Waals surface area contributed by atoms with E-state index in [-0.39, 0.29) is 16.9 Å². The maximum absolute atomic E-state index is 12.7. The first-order chi connectivity index (χ1) is 9.54. The highest BCUT2D eigenvalue weighted by atomic mass is 16.5. The van der Waals surface area contributed by atoms with Gasteiger partial charge < -0.3 is 15.8 Å². The minimum atomic E-state index is -0.339. The average molecular weight is 274 g/mol. The Morgan fingerprint density at radius 2 is 1.95 bits per heavy atom. The van der Waals surface area contributed by atoms with E-state index in [1.165, 1.54) is 0 Å². The van der Waals surface area contributed by atoms with Crippen LogP contribution >= 0.6 is 0 Å². The molecule has 4 heteroatoms. The van der Waals surface area contributed by atoms with Gasteiger partial charge in [-0.05, 0) is 50.3 Å². The number of hydrogen-bond donors (Lipinski definition) is 2. The number of carbonyl (C=O) groups is 1. The van der Waals surface area contributed by atoms with Crippen LogP contribution in [0.25, 0.3) is 0 Å². The van der Waals surface area contributed by atoms with Crippen LogP contribution in [0.4, 0.5) is 5.69 Å². The van der Waals surface area contributed by atoms with E-state index in [0.717, 1.165) is 43.5 Å². The highest BCUT2D eigenvalue weighted by molar-refractivity contribution is 5.91. The van der Waals surface area contributed by atoms with Crippen LogP contribution in [-0.4, -0.2) is 24.7 Å². The van der Waals surface area contributed by atoms with E-state index in [2.05, 4.69) is 12.2 Å². The zero-order chi connectivity index (χ0) is 14.2. The van der Waals surface area contributed by atoms with Crippen LogP contribution in [0.3, 0.4) is 0 Å². The smallest absolute Gasteiger partial charge is 0.231 e. The van der Waals surface area contributed by atoms with Crippen LogP contribution in [0.5, 0.6) is 0 Å². The molecule has 2 fully saturated rings. The molecule has 1 amide bonds. The largest absolute Gasteiger partial charge is 0.399 e. The van der Waals surface area contributed by atoms with Crippen LogP contribution in [0.1, 0.15) is 38.2 Å². The number of carbonyl (C=O) groups excluding carboxylic acids is 1. The van der Waals surface area contributed by atoms with Crippen molar-refractivity contribution in [3.05, 3.63) is 29.8 Å². The molecular formula is C16H22N2O2. The summed E-state index contributed by atoms with van der Waals surface area (Å²) in [7, 11) is 0. The summed E-state index contributed by atoms with van der Waals surface area (Å²) in [5, 5.41) is 3.22. The van der Waals surface area contributed by atoms with Crippen molar-refractivity contribution in [1.29, 1.82) is 0 Å². The fourth-order valence-electron chi connectivity index (χ4n) is 3.00. The fraction of sp³-hybridized carbons (Fsp3) is 0.562. The van der Waals surface area contributed by atoms with E-state index < -0.39 is 0 Å². The number of nitrogens with two attached hydrogens (primary N) is 1. The lowest BCUT2D eigenvalue weighted by molar-refractivity contribution is -0.127. The van der Waals surface area contributed by atoms with E-state index in [9.17, 15) is 4.79 Å². The molecule has 4 nitrogen and oxygen atoms in total. The van der Waals surface area contributed by atoms with Crippen LogP contribution in [-0.2, 0) is 14.9 Å². The normalized spacial score (nSPS) is 27.9. The van der Waals surface area contributed by atoms with E-state index in [1.807, 2.05) is 24.3 Å². The lowest BCUT2D eigenvalue weighted by Gasteiger charge is -2.35. The number of nitrogens with one attached hydrogen (secondary N) is 1. The van der Waals surface area contributed by atoms with Crippen LogP contribution < -0.4 is 11.1 Å². The molecule has 20 heavy (non-hydrogen) atoms. The Balaban J connectivity index is 1.74. The Hall–Kier alpha value is -1.55. The Morgan fingerprint density at radius 3 is 2.50 bits per heavy atom. The monoisotopic (exact) mass is 274 g/mol. The first-order valence-electron chi connectivity index (χ1n) is 7.31.